The molecule has 0 bridgehead atoms. The molecule has 8 heteroatoms. The summed E-state index contributed by atoms with van der Waals surface area (Å²) >= 11 is 0. The Kier molecular flexibility index (Phi) is 5.70. The number of ether oxygens (including phenoxy) is 1. The van der Waals surface area contributed by atoms with Crippen LogP contribution in [0.3, 0.4) is 0 Å². The Labute approximate surface area is 191 Å². The molecule has 0 aromatic carbocycles. The van der Waals surface area contributed by atoms with Crippen LogP contribution in [0.1, 0.15) is 53.4 Å². The van der Waals surface area contributed by atoms with Gasteiger partial charge in [0.2, 0.25) is 11.6 Å². The van der Waals surface area contributed by atoms with Crippen LogP contribution in [0, 0.1) is 34.5 Å². The largest absolute Gasteiger partial charge is 0.450 e. The van der Waals surface area contributed by atoms with E-state index in [-0.39, 0.29) is 30.8 Å². The SMILES string of the molecule is CCC(=O)O[C@@]1(C(=O)CF)[C@@H](C)C[C@H]2[C@@H]3C[C@H](F)C4=C(F)C(=O)C=C[C@]4(C)[C@H]3[C@@H](O)C[C@@]21C. The van der Waals surface area contributed by atoms with Gasteiger partial charge in [0.1, 0.15) is 6.17 Å². The van der Waals surface area contributed by atoms with E-state index in [9.17, 15) is 28.3 Å². The number of aliphatic hydroxyl groups is 1. The van der Waals surface area contributed by atoms with Crippen molar-refractivity contribution in [1.29, 1.82) is 0 Å². The summed E-state index contributed by atoms with van der Waals surface area (Å²) in [4.78, 5) is 37.3. The van der Waals surface area contributed by atoms with Gasteiger partial charge in [-0.25, -0.2) is 13.2 Å². The number of fused-ring (bicyclic) bond motifs is 5. The van der Waals surface area contributed by atoms with E-state index in [2.05, 4.69) is 0 Å². The zero-order valence-electron chi connectivity index (χ0n) is 19.4. The molecule has 0 amide bonds. The Morgan fingerprint density at radius 1 is 1.27 bits per heavy atom. The minimum Gasteiger partial charge on any atom is -0.450 e. The molecule has 4 rings (SSSR count). The maximum absolute atomic E-state index is 15.5. The van der Waals surface area contributed by atoms with Crippen LogP contribution in [0.2, 0.25) is 0 Å². The average Bonchev–Trinajstić information content (AvgIpc) is 2.97. The summed E-state index contributed by atoms with van der Waals surface area (Å²) in [6.07, 6.45) is -0.0120. The highest BCUT2D eigenvalue weighted by atomic mass is 19.1. The highest BCUT2D eigenvalue weighted by Crippen LogP contribution is 2.69. The fourth-order valence-electron chi connectivity index (χ4n) is 7.97. The summed E-state index contributed by atoms with van der Waals surface area (Å²) in [5.41, 5.74) is -4.32. The Balaban J connectivity index is 1.85. The third-order valence-electron chi connectivity index (χ3n) is 9.19. The number of hydrogen-bond donors (Lipinski definition) is 1. The van der Waals surface area contributed by atoms with E-state index in [1.54, 1.807) is 27.7 Å². The Morgan fingerprint density at radius 2 is 1.94 bits per heavy atom. The molecule has 3 fully saturated rings. The first-order valence-corrected chi connectivity index (χ1v) is 11.7. The van der Waals surface area contributed by atoms with E-state index in [1.807, 2.05) is 0 Å². The van der Waals surface area contributed by atoms with Crippen LogP contribution in [-0.2, 0) is 19.1 Å². The summed E-state index contributed by atoms with van der Waals surface area (Å²) in [7, 11) is 0. The standard InChI is InChI=1S/C25H31F3O5/c1-5-19(32)33-25(18(31)11-26)12(2)8-14-13-9-15(27)21-22(28)16(29)6-7-23(21,3)20(13)17(30)10-24(14,25)4/h6-7,12-15,17,20,30H,5,8-11H2,1-4H3/t12-,13-,14-,15-,17-,20+,23+,24-,25+/m0/s1. The van der Waals surface area contributed by atoms with Gasteiger partial charge in [0.05, 0.1) is 6.10 Å². The van der Waals surface area contributed by atoms with E-state index < -0.39 is 76.5 Å². The zero-order valence-corrected chi connectivity index (χ0v) is 19.4. The number of ketones is 2. The molecule has 1 N–H and O–H groups in total. The van der Waals surface area contributed by atoms with Crippen LogP contribution >= 0.6 is 0 Å². The van der Waals surface area contributed by atoms with Crippen molar-refractivity contribution in [2.75, 3.05) is 6.67 Å². The minimum absolute atomic E-state index is 0.000267. The zero-order chi connectivity index (χ0) is 24.5. The number of alkyl halides is 2. The summed E-state index contributed by atoms with van der Waals surface area (Å²) in [6, 6.07) is 0. The van der Waals surface area contributed by atoms with Crippen LogP contribution in [0.5, 0.6) is 0 Å². The van der Waals surface area contributed by atoms with Gasteiger partial charge < -0.3 is 9.84 Å². The lowest BCUT2D eigenvalue weighted by Gasteiger charge is -2.60. The number of esters is 1. The number of allylic oxidation sites excluding steroid dienone is 4. The van der Waals surface area contributed by atoms with Crippen molar-refractivity contribution >= 4 is 17.5 Å². The van der Waals surface area contributed by atoms with Crippen molar-refractivity contribution in [3.05, 3.63) is 23.6 Å². The second-order valence-electron chi connectivity index (χ2n) is 10.7. The van der Waals surface area contributed by atoms with Gasteiger partial charge in [-0.3, -0.25) is 14.4 Å². The number of Topliss-reactive ketones (excluding diaryl/α,β-unsaturated/α-hetero) is 1. The molecule has 0 aromatic heterocycles. The Hall–Kier alpha value is -1.96. The normalized spacial score (nSPS) is 46.5. The van der Waals surface area contributed by atoms with E-state index in [1.165, 1.54) is 6.08 Å². The van der Waals surface area contributed by atoms with Gasteiger partial charge in [-0.05, 0) is 37.2 Å². The van der Waals surface area contributed by atoms with Gasteiger partial charge in [0.25, 0.3) is 0 Å². The Morgan fingerprint density at radius 3 is 2.55 bits per heavy atom. The van der Waals surface area contributed by atoms with Crippen molar-refractivity contribution in [3.63, 3.8) is 0 Å². The summed E-state index contributed by atoms with van der Waals surface area (Å²) < 4.78 is 49.8. The van der Waals surface area contributed by atoms with Gasteiger partial charge >= 0.3 is 5.97 Å². The van der Waals surface area contributed by atoms with E-state index in [0.717, 1.165) is 6.08 Å². The van der Waals surface area contributed by atoms with Crippen LogP contribution in [0.25, 0.3) is 0 Å². The maximum atomic E-state index is 15.5. The summed E-state index contributed by atoms with van der Waals surface area (Å²) in [6.45, 7) is 5.34. The van der Waals surface area contributed by atoms with Crippen LogP contribution in [-0.4, -0.2) is 47.2 Å². The quantitative estimate of drug-likeness (QED) is 0.631. The molecular formula is C25H31F3O5. The molecule has 4 aliphatic carbocycles. The lowest BCUT2D eigenvalue weighted by molar-refractivity contribution is -0.205. The molecule has 0 radical (unpaired) electrons. The van der Waals surface area contributed by atoms with Crippen LogP contribution in [0.15, 0.2) is 23.6 Å². The molecule has 4 aliphatic rings. The summed E-state index contributed by atoms with van der Waals surface area (Å²) in [5, 5.41) is 11.4. The molecule has 0 aliphatic heterocycles. The molecule has 9 atom stereocenters. The monoisotopic (exact) mass is 468 g/mol. The Bertz CT molecular complexity index is 960. The predicted molar refractivity (Wildman–Crippen MR) is 113 cm³/mol. The molecule has 0 aromatic rings. The highest BCUT2D eigenvalue weighted by molar-refractivity contribution is 6.04. The van der Waals surface area contributed by atoms with Crippen molar-refractivity contribution < 1.29 is 37.4 Å². The van der Waals surface area contributed by atoms with E-state index >= 15 is 4.39 Å². The van der Waals surface area contributed by atoms with Crippen molar-refractivity contribution in [1.82, 2.24) is 0 Å². The lowest BCUT2D eigenvalue weighted by atomic mass is 9.45. The maximum Gasteiger partial charge on any atom is 0.306 e. The number of carbonyl (C=O) groups is 3. The average molecular weight is 469 g/mol. The number of halogens is 3. The molecule has 3 saturated carbocycles. The lowest BCUT2D eigenvalue weighted by Crippen LogP contribution is -2.64. The molecular weight excluding hydrogens is 437 g/mol. The third-order valence-corrected chi connectivity index (χ3v) is 9.19. The van der Waals surface area contributed by atoms with Crippen molar-refractivity contribution in [2.24, 2.45) is 34.5 Å². The summed E-state index contributed by atoms with van der Waals surface area (Å²) in [5.74, 6) is -5.46. The third kappa shape index (κ3) is 2.98. The predicted octanol–water partition coefficient (Wildman–Crippen LogP) is 3.99. The van der Waals surface area contributed by atoms with Gasteiger partial charge in [0, 0.05) is 34.7 Å². The molecule has 33 heavy (non-hydrogen) atoms. The number of rotatable bonds is 4. The number of hydrogen-bond acceptors (Lipinski definition) is 5. The van der Waals surface area contributed by atoms with Gasteiger partial charge in [-0.15, -0.1) is 0 Å². The molecule has 0 heterocycles. The van der Waals surface area contributed by atoms with E-state index in [4.69, 9.17) is 4.74 Å². The first-order chi connectivity index (χ1) is 15.4. The van der Waals surface area contributed by atoms with Gasteiger partial charge in [-0.1, -0.05) is 33.8 Å². The molecule has 182 valence electrons. The highest BCUT2D eigenvalue weighted by Gasteiger charge is 2.73. The fraction of sp³-hybridized carbons (Fsp3) is 0.720. The van der Waals surface area contributed by atoms with Crippen LogP contribution in [0.4, 0.5) is 13.2 Å². The first-order valence-electron chi connectivity index (χ1n) is 11.7. The smallest absolute Gasteiger partial charge is 0.306 e. The molecule has 0 spiro atoms. The number of aliphatic hydroxyl groups excluding tert-OH is 1. The molecule has 5 nitrogen and oxygen atoms in total. The first kappa shape index (κ1) is 24.2. The van der Waals surface area contributed by atoms with Gasteiger partial charge in [-0.2, -0.15) is 0 Å². The second-order valence-corrected chi connectivity index (χ2v) is 10.7. The van der Waals surface area contributed by atoms with Gasteiger partial charge in [0.15, 0.2) is 18.1 Å². The molecule has 0 unspecified atom stereocenters. The van der Waals surface area contributed by atoms with Crippen molar-refractivity contribution in [3.8, 4) is 0 Å². The topological polar surface area (TPSA) is 80.7 Å². The minimum atomic E-state index is -1.77. The van der Waals surface area contributed by atoms with Crippen molar-refractivity contribution in [2.45, 2.75) is 71.3 Å². The van der Waals surface area contributed by atoms with Crippen LogP contribution < -0.4 is 0 Å². The molecule has 0 saturated heterocycles. The number of carbonyl (C=O) groups excluding carboxylic acids is 3. The van der Waals surface area contributed by atoms with E-state index in [0.29, 0.717) is 6.42 Å². The second kappa shape index (κ2) is 7.79. The fourth-order valence-corrected chi connectivity index (χ4v) is 7.97.